The van der Waals surface area contributed by atoms with Crippen LogP contribution in [-0.2, 0) is 6.54 Å². The Balaban J connectivity index is 1.34. The zero-order valence-electron chi connectivity index (χ0n) is 15.9. The Morgan fingerprint density at radius 1 is 0.964 bits per heavy atom. The maximum absolute atomic E-state index is 12.8. The average molecular weight is 377 g/mol. The number of rotatable bonds is 4. The molecule has 2 aromatic heterocycles. The van der Waals surface area contributed by atoms with Crippen molar-refractivity contribution in [1.82, 2.24) is 24.6 Å². The molecule has 3 aromatic rings. The van der Waals surface area contributed by atoms with E-state index in [0.717, 1.165) is 36.2 Å². The van der Waals surface area contributed by atoms with Gasteiger partial charge in [-0.15, -0.1) is 0 Å². The topological polar surface area (TPSA) is 71.3 Å². The molecule has 0 radical (unpaired) electrons. The third kappa shape index (κ3) is 3.94. The van der Waals surface area contributed by atoms with Crippen LogP contribution in [0.3, 0.4) is 0 Å². The molecule has 0 saturated carbocycles. The number of fused-ring (bicyclic) bond motifs is 1. The van der Waals surface area contributed by atoms with Crippen molar-refractivity contribution >= 4 is 16.8 Å². The van der Waals surface area contributed by atoms with Crippen LogP contribution in [0.4, 0.5) is 0 Å². The molecule has 1 fully saturated rings. The van der Waals surface area contributed by atoms with E-state index < -0.39 is 0 Å². The number of aryl methyl sites for hydroxylation is 1. The number of pyridine rings is 1. The van der Waals surface area contributed by atoms with Crippen molar-refractivity contribution in [3.8, 4) is 0 Å². The molecule has 1 aliphatic rings. The lowest BCUT2D eigenvalue weighted by molar-refractivity contribution is 0.0626. The number of piperazine rings is 1. The fourth-order valence-electron chi connectivity index (χ4n) is 3.47. The molecule has 1 saturated heterocycles. The molecule has 7 nitrogen and oxygen atoms in total. The van der Waals surface area contributed by atoms with Crippen LogP contribution < -0.4 is 5.56 Å². The van der Waals surface area contributed by atoms with E-state index in [0.29, 0.717) is 25.3 Å². The standard InChI is InChI=1S/C21H23N5O2/c1-16-6-9-20(27)26(23-16)15-12-24-10-13-25(14-11-24)21(28)19-8-7-17-4-2-3-5-18(17)22-19/h2-9H,10-15H2,1H3. The van der Waals surface area contributed by atoms with Gasteiger partial charge in [-0.2, -0.15) is 5.10 Å². The number of hydrogen-bond acceptors (Lipinski definition) is 5. The monoisotopic (exact) mass is 377 g/mol. The summed E-state index contributed by atoms with van der Waals surface area (Å²) >= 11 is 0. The van der Waals surface area contributed by atoms with Crippen LogP contribution in [0.15, 0.2) is 53.3 Å². The number of para-hydroxylation sites is 1. The van der Waals surface area contributed by atoms with Crippen molar-refractivity contribution < 1.29 is 4.79 Å². The lowest BCUT2D eigenvalue weighted by Gasteiger charge is -2.34. The molecule has 1 aliphatic heterocycles. The van der Waals surface area contributed by atoms with Crippen molar-refractivity contribution in [3.05, 3.63) is 70.3 Å². The molecule has 0 atom stereocenters. The Kier molecular flexibility index (Phi) is 5.16. The van der Waals surface area contributed by atoms with E-state index in [-0.39, 0.29) is 11.5 Å². The highest BCUT2D eigenvalue weighted by Crippen LogP contribution is 2.14. The minimum atomic E-state index is -0.0817. The zero-order chi connectivity index (χ0) is 19.5. The number of hydrogen-bond donors (Lipinski definition) is 0. The van der Waals surface area contributed by atoms with Crippen LogP contribution in [0.1, 0.15) is 16.2 Å². The molecule has 4 rings (SSSR count). The third-order valence-electron chi connectivity index (χ3n) is 5.11. The van der Waals surface area contributed by atoms with Gasteiger partial charge in [-0.05, 0) is 25.1 Å². The predicted octanol–water partition coefficient (Wildman–Crippen LogP) is 1.56. The van der Waals surface area contributed by atoms with Gasteiger partial charge in [0.2, 0.25) is 0 Å². The van der Waals surface area contributed by atoms with Gasteiger partial charge < -0.3 is 4.90 Å². The maximum atomic E-state index is 12.8. The largest absolute Gasteiger partial charge is 0.335 e. The third-order valence-corrected chi connectivity index (χ3v) is 5.11. The van der Waals surface area contributed by atoms with E-state index in [1.807, 2.05) is 42.2 Å². The van der Waals surface area contributed by atoms with Crippen LogP contribution >= 0.6 is 0 Å². The number of amides is 1. The van der Waals surface area contributed by atoms with Crippen LogP contribution in [0.25, 0.3) is 10.9 Å². The van der Waals surface area contributed by atoms with Crippen molar-refractivity contribution in [2.45, 2.75) is 13.5 Å². The summed E-state index contributed by atoms with van der Waals surface area (Å²) in [6.07, 6.45) is 0. The molecular weight excluding hydrogens is 354 g/mol. The van der Waals surface area contributed by atoms with Crippen LogP contribution in [0, 0.1) is 6.92 Å². The Morgan fingerprint density at radius 2 is 1.75 bits per heavy atom. The van der Waals surface area contributed by atoms with Crippen molar-refractivity contribution in [2.75, 3.05) is 32.7 Å². The van der Waals surface area contributed by atoms with Crippen LogP contribution in [-0.4, -0.2) is 63.2 Å². The number of nitrogens with zero attached hydrogens (tertiary/aromatic N) is 5. The van der Waals surface area contributed by atoms with Crippen molar-refractivity contribution in [2.24, 2.45) is 0 Å². The van der Waals surface area contributed by atoms with Gasteiger partial charge in [0.25, 0.3) is 11.5 Å². The molecule has 0 bridgehead atoms. The van der Waals surface area contributed by atoms with E-state index in [1.54, 1.807) is 18.2 Å². The lowest BCUT2D eigenvalue weighted by atomic mass is 10.2. The number of benzene rings is 1. The lowest BCUT2D eigenvalue weighted by Crippen LogP contribution is -2.49. The van der Waals surface area contributed by atoms with Crippen molar-refractivity contribution in [3.63, 3.8) is 0 Å². The molecule has 0 N–H and O–H groups in total. The van der Waals surface area contributed by atoms with Gasteiger partial charge in [0, 0.05) is 44.2 Å². The zero-order valence-corrected chi connectivity index (χ0v) is 15.9. The average Bonchev–Trinajstić information content (AvgIpc) is 2.74. The molecule has 144 valence electrons. The highest BCUT2D eigenvalue weighted by Gasteiger charge is 2.23. The summed E-state index contributed by atoms with van der Waals surface area (Å²) in [5, 5.41) is 5.30. The molecule has 0 unspecified atom stereocenters. The number of carbonyl (C=O) groups is 1. The van der Waals surface area contributed by atoms with Crippen molar-refractivity contribution in [1.29, 1.82) is 0 Å². The summed E-state index contributed by atoms with van der Waals surface area (Å²) in [5.41, 5.74) is 2.07. The highest BCUT2D eigenvalue weighted by molar-refractivity contribution is 5.95. The van der Waals surface area contributed by atoms with Gasteiger partial charge in [0.15, 0.2) is 0 Å². The summed E-state index contributed by atoms with van der Waals surface area (Å²) in [6, 6.07) is 14.8. The molecule has 1 amide bonds. The van der Waals surface area contributed by atoms with Gasteiger partial charge >= 0.3 is 0 Å². The van der Waals surface area contributed by atoms with Gasteiger partial charge in [-0.1, -0.05) is 24.3 Å². The smallest absolute Gasteiger partial charge is 0.272 e. The summed E-state index contributed by atoms with van der Waals surface area (Å²) in [6.45, 7) is 6.04. The first-order valence-electron chi connectivity index (χ1n) is 9.52. The predicted molar refractivity (Wildman–Crippen MR) is 107 cm³/mol. The highest BCUT2D eigenvalue weighted by atomic mass is 16.2. The van der Waals surface area contributed by atoms with Gasteiger partial charge in [0.1, 0.15) is 5.69 Å². The number of carbonyl (C=O) groups excluding carboxylic acids is 1. The minimum Gasteiger partial charge on any atom is -0.335 e. The molecular formula is C21H23N5O2. The molecule has 7 heteroatoms. The molecule has 1 aromatic carbocycles. The molecule has 28 heavy (non-hydrogen) atoms. The van der Waals surface area contributed by atoms with Crippen LogP contribution in [0.5, 0.6) is 0 Å². The summed E-state index contributed by atoms with van der Waals surface area (Å²) < 4.78 is 1.51. The second kappa shape index (κ2) is 7.90. The minimum absolute atomic E-state index is 0.0260. The molecule has 3 heterocycles. The van der Waals surface area contributed by atoms with Gasteiger partial charge in [-0.25, -0.2) is 9.67 Å². The van der Waals surface area contributed by atoms with Crippen LogP contribution in [0.2, 0.25) is 0 Å². The number of aromatic nitrogens is 3. The first kappa shape index (κ1) is 18.3. The second-order valence-corrected chi connectivity index (χ2v) is 7.06. The quantitative estimate of drug-likeness (QED) is 0.690. The maximum Gasteiger partial charge on any atom is 0.272 e. The van der Waals surface area contributed by atoms with Gasteiger partial charge in [-0.3, -0.25) is 14.5 Å². The molecule has 0 aliphatic carbocycles. The summed E-state index contributed by atoms with van der Waals surface area (Å²) in [7, 11) is 0. The van der Waals surface area contributed by atoms with E-state index in [1.165, 1.54) is 4.68 Å². The first-order chi connectivity index (χ1) is 13.6. The Morgan fingerprint density at radius 3 is 2.57 bits per heavy atom. The van der Waals surface area contributed by atoms with E-state index >= 15 is 0 Å². The SMILES string of the molecule is Cc1ccc(=O)n(CCN2CCN(C(=O)c3ccc4ccccc4n3)CC2)n1. The van der Waals surface area contributed by atoms with E-state index in [2.05, 4.69) is 15.0 Å². The van der Waals surface area contributed by atoms with E-state index in [9.17, 15) is 9.59 Å². The molecule has 0 spiro atoms. The normalized spacial score (nSPS) is 15.1. The fraction of sp³-hybridized carbons (Fsp3) is 0.333. The Bertz CT molecular complexity index is 1050. The Hall–Kier alpha value is -3.06. The van der Waals surface area contributed by atoms with E-state index in [4.69, 9.17) is 0 Å². The fourth-order valence-corrected chi connectivity index (χ4v) is 3.47. The summed E-state index contributed by atoms with van der Waals surface area (Å²) in [4.78, 5) is 33.3. The van der Waals surface area contributed by atoms with Gasteiger partial charge in [0.05, 0.1) is 17.8 Å². The first-order valence-corrected chi connectivity index (χ1v) is 9.52. The second-order valence-electron chi connectivity index (χ2n) is 7.06. The summed E-state index contributed by atoms with van der Waals surface area (Å²) in [5.74, 6) is -0.0260. The Labute approximate surface area is 163 Å².